The molecule has 140 valence electrons. The standard InChI is InChI=1S/C19H22FNO5/c1-4-24-18(22)16-12(2)17(21-13(16)3)19(23)26-11-5-10-25-15-8-6-14(20)7-9-15/h6-9,21H,4-5,10-11H2,1-3H3. The molecule has 1 aromatic carbocycles. The molecule has 0 bridgehead atoms. The Morgan fingerprint density at radius 1 is 1.04 bits per heavy atom. The van der Waals surface area contributed by atoms with Crippen LogP contribution in [-0.4, -0.2) is 36.7 Å². The Balaban J connectivity index is 1.83. The second-order valence-electron chi connectivity index (χ2n) is 5.64. The predicted octanol–water partition coefficient (Wildman–Crippen LogP) is 3.57. The van der Waals surface area contributed by atoms with Gasteiger partial charge in [0.15, 0.2) is 0 Å². The van der Waals surface area contributed by atoms with Crippen molar-refractivity contribution in [3.8, 4) is 5.75 Å². The van der Waals surface area contributed by atoms with Gasteiger partial charge in [-0.15, -0.1) is 0 Å². The Labute approximate surface area is 151 Å². The lowest BCUT2D eigenvalue weighted by molar-refractivity contribution is 0.0478. The van der Waals surface area contributed by atoms with E-state index in [2.05, 4.69) is 4.98 Å². The number of aromatic amines is 1. The average Bonchev–Trinajstić information content (AvgIpc) is 2.91. The molecule has 1 heterocycles. The van der Waals surface area contributed by atoms with E-state index in [-0.39, 0.29) is 24.7 Å². The molecule has 0 unspecified atom stereocenters. The summed E-state index contributed by atoms with van der Waals surface area (Å²) in [5.74, 6) is -0.786. The minimum Gasteiger partial charge on any atom is -0.493 e. The molecule has 0 saturated carbocycles. The number of carbonyl (C=O) groups excluding carboxylic acids is 2. The summed E-state index contributed by atoms with van der Waals surface area (Å²) >= 11 is 0. The fourth-order valence-corrected chi connectivity index (χ4v) is 2.48. The van der Waals surface area contributed by atoms with Crippen LogP contribution in [-0.2, 0) is 9.47 Å². The second-order valence-corrected chi connectivity index (χ2v) is 5.64. The zero-order valence-corrected chi connectivity index (χ0v) is 15.1. The Morgan fingerprint density at radius 2 is 1.73 bits per heavy atom. The van der Waals surface area contributed by atoms with E-state index >= 15 is 0 Å². The average molecular weight is 363 g/mol. The predicted molar refractivity (Wildman–Crippen MR) is 93.0 cm³/mol. The molecule has 7 heteroatoms. The van der Waals surface area contributed by atoms with E-state index in [0.717, 1.165) is 0 Å². The fraction of sp³-hybridized carbons (Fsp3) is 0.368. The van der Waals surface area contributed by atoms with Gasteiger partial charge in [-0.25, -0.2) is 14.0 Å². The summed E-state index contributed by atoms with van der Waals surface area (Å²) in [5.41, 5.74) is 1.67. The van der Waals surface area contributed by atoms with Gasteiger partial charge in [-0.2, -0.15) is 0 Å². The number of nitrogens with one attached hydrogen (secondary N) is 1. The highest BCUT2D eigenvalue weighted by molar-refractivity contribution is 5.98. The maximum Gasteiger partial charge on any atom is 0.355 e. The minimum atomic E-state index is -0.539. The van der Waals surface area contributed by atoms with E-state index in [9.17, 15) is 14.0 Å². The van der Waals surface area contributed by atoms with Gasteiger partial charge in [0.1, 0.15) is 17.3 Å². The number of esters is 2. The van der Waals surface area contributed by atoms with Crippen LogP contribution in [0.1, 0.15) is 45.4 Å². The van der Waals surface area contributed by atoms with Crippen molar-refractivity contribution in [1.29, 1.82) is 0 Å². The number of halogens is 1. The van der Waals surface area contributed by atoms with Gasteiger partial charge in [0, 0.05) is 12.1 Å². The smallest absolute Gasteiger partial charge is 0.355 e. The number of benzene rings is 1. The number of aryl methyl sites for hydroxylation is 1. The van der Waals surface area contributed by atoms with Crippen LogP contribution < -0.4 is 4.74 Å². The first-order valence-corrected chi connectivity index (χ1v) is 8.35. The Bertz CT molecular complexity index is 767. The van der Waals surface area contributed by atoms with Gasteiger partial charge in [-0.05, 0) is 50.6 Å². The monoisotopic (exact) mass is 363 g/mol. The first kappa shape index (κ1) is 19.5. The largest absolute Gasteiger partial charge is 0.493 e. The molecule has 1 N–H and O–H groups in total. The normalized spacial score (nSPS) is 10.5. The summed E-state index contributed by atoms with van der Waals surface area (Å²) in [4.78, 5) is 27.0. The summed E-state index contributed by atoms with van der Waals surface area (Å²) in [6.07, 6.45) is 0.479. The molecule has 0 aliphatic rings. The number of H-pyrrole nitrogens is 1. The van der Waals surface area contributed by atoms with Crippen LogP contribution in [0.3, 0.4) is 0 Å². The van der Waals surface area contributed by atoms with Crippen molar-refractivity contribution in [3.05, 3.63) is 52.6 Å². The maximum atomic E-state index is 12.8. The zero-order chi connectivity index (χ0) is 19.1. The number of ether oxygens (including phenoxy) is 3. The molecule has 0 amide bonds. The molecular weight excluding hydrogens is 341 g/mol. The molecule has 0 aliphatic carbocycles. The van der Waals surface area contributed by atoms with Crippen LogP contribution in [0, 0.1) is 19.7 Å². The van der Waals surface area contributed by atoms with Crippen molar-refractivity contribution in [2.24, 2.45) is 0 Å². The number of aromatic nitrogens is 1. The molecule has 0 radical (unpaired) electrons. The molecule has 0 saturated heterocycles. The van der Waals surface area contributed by atoms with Crippen LogP contribution in [0.15, 0.2) is 24.3 Å². The molecular formula is C19H22FNO5. The van der Waals surface area contributed by atoms with E-state index in [1.54, 1.807) is 20.8 Å². The minimum absolute atomic E-state index is 0.159. The SMILES string of the molecule is CCOC(=O)c1c(C)[nH]c(C(=O)OCCCOc2ccc(F)cc2)c1C. The lowest BCUT2D eigenvalue weighted by atomic mass is 10.1. The Hall–Kier alpha value is -2.83. The second kappa shape index (κ2) is 9.03. The third kappa shape index (κ3) is 4.84. The van der Waals surface area contributed by atoms with Crippen LogP contribution in [0.2, 0.25) is 0 Å². The Kier molecular flexibility index (Phi) is 6.77. The molecule has 2 aromatic rings. The van der Waals surface area contributed by atoms with Crippen LogP contribution in [0.5, 0.6) is 5.75 Å². The quantitative estimate of drug-likeness (QED) is 0.573. The summed E-state index contributed by atoms with van der Waals surface area (Å²) in [5, 5.41) is 0. The zero-order valence-electron chi connectivity index (χ0n) is 15.1. The number of hydrogen-bond donors (Lipinski definition) is 1. The number of rotatable bonds is 8. The van der Waals surface area contributed by atoms with Crippen LogP contribution in [0.4, 0.5) is 4.39 Å². The van der Waals surface area contributed by atoms with Crippen molar-refractivity contribution >= 4 is 11.9 Å². The molecule has 0 fully saturated rings. The van der Waals surface area contributed by atoms with E-state index in [4.69, 9.17) is 14.2 Å². The van der Waals surface area contributed by atoms with E-state index in [1.165, 1.54) is 24.3 Å². The fourth-order valence-electron chi connectivity index (χ4n) is 2.48. The number of hydrogen-bond acceptors (Lipinski definition) is 5. The van der Waals surface area contributed by atoms with Crippen molar-refractivity contribution in [1.82, 2.24) is 4.98 Å². The molecule has 0 aliphatic heterocycles. The highest BCUT2D eigenvalue weighted by Crippen LogP contribution is 2.20. The first-order valence-electron chi connectivity index (χ1n) is 8.35. The highest BCUT2D eigenvalue weighted by Gasteiger charge is 2.23. The van der Waals surface area contributed by atoms with Crippen molar-refractivity contribution in [2.45, 2.75) is 27.2 Å². The van der Waals surface area contributed by atoms with Gasteiger partial charge in [-0.1, -0.05) is 0 Å². The van der Waals surface area contributed by atoms with Gasteiger partial charge < -0.3 is 19.2 Å². The first-order chi connectivity index (χ1) is 12.4. The van der Waals surface area contributed by atoms with E-state index in [1.807, 2.05) is 0 Å². The topological polar surface area (TPSA) is 77.6 Å². The lowest BCUT2D eigenvalue weighted by Crippen LogP contribution is -2.11. The summed E-state index contributed by atoms with van der Waals surface area (Å²) < 4.78 is 28.4. The molecule has 26 heavy (non-hydrogen) atoms. The summed E-state index contributed by atoms with van der Waals surface area (Å²) in [6, 6.07) is 5.69. The molecule has 2 rings (SSSR count). The van der Waals surface area contributed by atoms with Gasteiger partial charge >= 0.3 is 11.9 Å². The van der Waals surface area contributed by atoms with Crippen molar-refractivity contribution in [3.63, 3.8) is 0 Å². The van der Waals surface area contributed by atoms with Gasteiger partial charge in [0.25, 0.3) is 0 Å². The van der Waals surface area contributed by atoms with E-state index in [0.29, 0.717) is 35.6 Å². The highest BCUT2D eigenvalue weighted by atomic mass is 19.1. The third-order valence-corrected chi connectivity index (χ3v) is 3.73. The van der Waals surface area contributed by atoms with E-state index < -0.39 is 11.9 Å². The Morgan fingerprint density at radius 3 is 2.38 bits per heavy atom. The molecule has 0 atom stereocenters. The van der Waals surface area contributed by atoms with Crippen molar-refractivity contribution < 1.29 is 28.2 Å². The lowest BCUT2D eigenvalue weighted by Gasteiger charge is -2.07. The number of carbonyl (C=O) groups is 2. The van der Waals surface area contributed by atoms with Gasteiger partial charge in [-0.3, -0.25) is 0 Å². The molecule has 1 aromatic heterocycles. The van der Waals surface area contributed by atoms with Gasteiger partial charge in [0.2, 0.25) is 0 Å². The van der Waals surface area contributed by atoms with Crippen LogP contribution in [0.25, 0.3) is 0 Å². The van der Waals surface area contributed by atoms with Crippen molar-refractivity contribution in [2.75, 3.05) is 19.8 Å². The molecule has 0 spiro atoms. The summed E-state index contributed by atoms with van der Waals surface area (Å²) in [7, 11) is 0. The maximum absolute atomic E-state index is 12.8. The summed E-state index contributed by atoms with van der Waals surface area (Å²) in [6.45, 7) is 5.84. The third-order valence-electron chi connectivity index (χ3n) is 3.73. The van der Waals surface area contributed by atoms with Crippen LogP contribution >= 0.6 is 0 Å². The van der Waals surface area contributed by atoms with Gasteiger partial charge in [0.05, 0.1) is 25.4 Å². The molecule has 6 nitrogen and oxygen atoms in total.